The molecule has 1 saturated heterocycles. The second-order valence-corrected chi connectivity index (χ2v) is 6.93. The molecule has 1 aliphatic heterocycles. The molecule has 140 valence electrons. The molecule has 1 saturated carbocycles. The van der Waals surface area contributed by atoms with E-state index in [1.54, 1.807) is 6.07 Å². The third-order valence-corrected chi connectivity index (χ3v) is 5.34. The van der Waals surface area contributed by atoms with Gasteiger partial charge in [0.15, 0.2) is 0 Å². The van der Waals surface area contributed by atoms with Crippen molar-refractivity contribution < 1.29 is 18.0 Å². The molecule has 0 radical (unpaired) electrons. The number of carbonyl (C=O) groups is 1. The van der Waals surface area contributed by atoms with Crippen molar-refractivity contribution in [2.24, 2.45) is 0 Å². The Morgan fingerprint density at radius 2 is 1.96 bits per heavy atom. The van der Waals surface area contributed by atoms with E-state index in [0.717, 1.165) is 51.1 Å². The molecule has 0 spiro atoms. The fraction of sp³-hybridized carbons (Fsp3) is 0.611. The number of amides is 1. The van der Waals surface area contributed by atoms with E-state index in [4.69, 9.17) is 0 Å². The number of nitrogens with one attached hydrogen (secondary N) is 2. The average molecular weight is 377 g/mol. The largest absolute Gasteiger partial charge is 0.416 e. The fourth-order valence-corrected chi connectivity index (χ4v) is 3.93. The maximum Gasteiger partial charge on any atom is 0.416 e. The van der Waals surface area contributed by atoms with Gasteiger partial charge in [0.1, 0.15) is 0 Å². The van der Waals surface area contributed by atoms with Crippen LogP contribution in [0.15, 0.2) is 24.3 Å². The zero-order chi connectivity index (χ0) is 17.2. The summed E-state index contributed by atoms with van der Waals surface area (Å²) >= 11 is 0. The molecule has 2 aliphatic rings. The molecule has 25 heavy (non-hydrogen) atoms. The van der Waals surface area contributed by atoms with Gasteiger partial charge in [0.05, 0.1) is 11.6 Å². The molecule has 0 aromatic heterocycles. The van der Waals surface area contributed by atoms with E-state index in [2.05, 4.69) is 10.6 Å². The van der Waals surface area contributed by atoms with Crippen molar-refractivity contribution in [2.75, 3.05) is 13.1 Å². The van der Waals surface area contributed by atoms with Crippen LogP contribution in [0.5, 0.6) is 0 Å². The van der Waals surface area contributed by atoms with Gasteiger partial charge in [-0.2, -0.15) is 13.2 Å². The molecular formula is C18H24ClF3N2O. The number of benzene rings is 1. The molecule has 3 rings (SSSR count). The molecule has 1 aliphatic carbocycles. The first kappa shape index (κ1) is 20.0. The van der Waals surface area contributed by atoms with Gasteiger partial charge in [-0.15, -0.1) is 12.4 Å². The molecule has 0 bridgehead atoms. The highest BCUT2D eigenvalue weighted by molar-refractivity contribution is 5.85. The summed E-state index contributed by atoms with van der Waals surface area (Å²) in [6.45, 7) is 1.25. The third-order valence-electron chi connectivity index (χ3n) is 5.34. The standard InChI is InChI=1S/C18H23F3N2O.ClH/c19-18(20,21)14-6-3-5-13(11-14)17(8-1-2-9-17)12-23-16(24)15-7-4-10-22-15;/h3,5-6,11,15,22H,1-2,4,7-10,12H2,(H,23,24);1H. The van der Waals surface area contributed by atoms with Crippen molar-refractivity contribution in [1.82, 2.24) is 10.6 Å². The van der Waals surface area contributed by atoms with Crippen LogP contribution in [0.2, 0.25) is 0 Å². The number of hydrogen-bond acceptors (Lipinski definition) is 2. The van der Waals surface area contributed by atoms with Crippen LogP contribution in [-0.2, 0) is 16.4 Å². The summed E-state index contributed by atoms with van der Waals surface area (Å²) in [5.74, 6) is -0.0363. The smallest absolute Gasteiger partial charge is 0.354 e. The van der Waals surface area contributed by atoms with Crippen molar-refractivity contribution in [3.63, 3.8) is 0 Å². The van der Waals surface area contributed by atoms with E-state index in [9.17, 15) is 18.0 Å². The Morgan fingerprint density at radius 1 is 1.24 bits per heavy atom. The maximum absolute atomic E-state index is 13.0. The summed E-state index contributed by atoms with van der Waals surface area (Å²) in [7, 11) is 0. The highest BCUT2D eigenvalue weighted by Gasteiger charge is 2.38. The van der Waals surface area contributed by atoms with E-state index in [-0.39, 0.29) is 29.8 Å². The van der Waals surface area contributed by atoms with Gasteiger partial charge in [-0.25, -0.2) is 0 Å². The Balaban J connectivity index is 0.00000225. The fourth-order valence-electron chi connectivity index (χ4n) is 3.93. The minimum absolute atomic E-state index is 0. The molecule has 1 aromatic rings. The molecule has 2 N–H and O–H groups in total. The Morgan fingerprint density at radius 3 is 2.56 bits per heavy atom. The van der Waals surface area contributed by atoms with Crippen molar-refractivity contribution in [1.29, 1.82) is 0 Å². The van der Waals surface area contributed by atoms with E-state index in [0.29, 0.717) is 12.1 Å². The first-order valence-electron chi connectivity index (χ1n) is 8.60. The van der Waals surface area contributed by atoms with Crippen LogP contribution in [-0.4, -0.2) is 25.0 Å². The van der Waals surface area contributed by atoms with Crippen molar-refractivity contribution >= 4 is 18.3 Å². The number of rotatable bonds is 4. The minimum atomic E-state index is -4.34. The highest BCUT2D eigenvalue weighted by Crippen LogP contribution is 2.42. The van der Waals surface area contributed by atoms with Gasteiger partial charge in [0, 0.05) is 12.0 Å². The number of alkyl halides is 3. The minimum Gasteiger partial charge on any atom is -0.354 e. The van der Waals surface area contributed by atoms with Gasteiger partial charge in [-0.1, -0.05) is 31.0 Å². The quantitative estimate of drug-likeness (QED) is 0.839. The first-order chi connectivity index (χ1) is 11.4. The highest BCUT2D eigenvalue weighted by atomic mass is 35.5. The Bertz CT molecular complexity index is 594. The predicted octanol–water partition coefficient (Wildman–Crippen LogP) is 3.81. The van der Waals surface area contributed by atoms with Crippen LogP contribution in [0.1, 0.15) is 49.7 Å². The second kappa shape index (κ2) is 7.96. The molecule has 2 fully saturated rings. The Kier molecular flexibility index (Phi) is 6.38. The number of halogens is 4. The van der Waals surface area contributed by atoms with Gasteiger partial charge >= 0.3 is 6.18 Å². The molecule has 7 heteroatoms. The van der Waals surface area contributed by atoms with Crippen LogP contribution < -0.4 is 10.6 Å². The lowest BCUT2D eigenvalue weighted by Crippen LogP contribution is -2.46. The van der Waals surface area contributed by atoms with Crippen molar-refractivity contribution in [2.45, 2.75) is 56.2 Å². The third kappa shape index (κ3) is 4.47. The topological polar surface area (TPSA) is 41.1 Å². The summed E-state index contributed by atoms with van der Waals surface area (Å²) in [6.07, 6.45) is 1.05. The monoisotopic (exact) mass is 376 g/mol. The van der Waals surface area contributed by atoms with E-state index in [1.807, 2.05) is 0 Å². The van der Waals surface area contributed by atoms with Gasteiger partial charge in [0.2, 0.25) is 5.91 Å². The second-order valence-electron chi connectivity index (χ2n) is 6.93. The normalized spacial score (nSPS) is 22.4. The summed E-state index contributed by atoms with van der Waals surface area (Å²) in [4.78, 5) is 12.2. The lowest BCUT2D eigenvalue weighted by atomic mass is 9.78. The number of hydrogen-bond donors (Lipinski definition) is 2. The maximum atomic E-state index is 13.0. The number of carbonyl (C=O) groups excluding carboxylic acids is 1. The van der Waals surface area contributed by atoms with Crippen LogP contribution in [0.25, 0.3) is 0 Å². The zero-order valence-electron chi connectivity index (χ0n) is 14.0. The van der Waals surface area contributed by atoms with Crippen LogP contribution >= 0.6 is 12.4 Å². The molecular weight excluding hydrogens is 353 g/mol. The lowest BCUT2D eigenvalue weighted by Gasteiger charge is -2.31. The van der Waals surface area contributed by atoms with E-state index in [1.165, 1.54) is 12.1 Å². The van der Waals surface area contributed by atoms with E-state index < -0.39 is 11.7 Å². The summed E-state index contributed by atoms with van der Waals surface area (Å²) in [6, 6.07) is 5.43. The molecule has 3 nitrogen and oxygen atoms in total. The van der Waals surface area contributed by atoms with Crippen molar-refractivity contribution in [3.8, 4) is 0 Å². The van der Waals surface area contributed by atoms with Gasteiger partial charge in [0.25, 0.3) is 0 Å². The lowest BCUT2D eigenvalue weighted by molar-refractivity contribution is -0.137. The molecule has 1 atom stereocenters. The Labute approximate surface area is 152 Å². The molecule has 1 unspecified atom stereocenters. The molecule has 1 heterocycles. The first-order valence-corrected chi connectivity index (χ1v) is 8.60. The van der Waals surface area contributed by atoms with Crippen LogP contribution in [0.4, 0.5) is 13.2 Å². The van der Waals surface area contributed by atoms with Crippen LogP contribution in [0.3, 0.4) is 0 Å². The summed E-state index contributed by atoms with van der Waals surface area (Å²) in [5.41, 5.74) is -0.306. The zero-order valence-corrected chi connectivity index (χ0v) is 14.8. The van der Waals surface area contributed by atoms with Crippen molar-refractivity contribution in [3.05, 3.63) is 35.4 Å². The summed E-state index contributed by atoms with van der Waals surface area (Å²) < 4.78 is 39.1. The van der Waals surface area contributed by atoms with Crippen LogP contribution in [0, 0.1) is 0 Å². The molecule has 1 aromatic carbocycles. The van der Waals surface area contributed by atoms with E-state index >= 15 is 0 Å². The van der Waals surface area contributed by atoms with Gasteiger partial charge in [-0.3, -0.25) is 4.79 Å². The average Bonchev–Trinajstić information content (AvgIpc) is 3.24. The van der Waals surface area contributed by atoms with Gasteiger partial charge < -0.3 is 10.6 Å². The Hall–Kier alpha value is -1.27. The van der Waals surface area contributed by atoms with Gasteiger partial charge in [-0.05, 0) is 43.9 Å². The predicted molar refractivity (Wildman–Crippen MR) is 92.9 cm³/mol. The molecule has 1 amide bonds. The summed E-state index contributed by atoms with van der Waals surface area (Å²) in [5, 5.41) is 6.13. The SMILES string of the molecule is Cl.O=C(NCC1(c2cccc(C(F)(F)F)c2)CCCC1)C1CCCN1.